The Kier molecular flexibility index (Phi) is 4.57. The highest BCUT2D eigenvalue weighted by molar-refractivity contribution is 6.07. The number of aryl methyl sites for hydroxylation is 1. The first-order valence-corrected chi connectivity index (χ1v) is 6.67. The van der Waals surface area contributed by atoms with E-state index in [1.807, 2.05) is 43.3 Å². The average molecular weight is 280 g/mol. The summed E-state index contributed by atoms with van der Waals surface area (Å²) in [5, 5.41) is 18.7. The van der Waals surface area contributed by atoms with E-state index in [4.69, 9.17) is 5.26 Å². The molecule has 0 saturated carbocycles. The predicted molar refractivity (Wildman–Crippen MR) is 81.2 cm³/mol. The van der Waals surface area contributed by atoms with Crippen molar-refractivity contribution in [3.8, 4) is 11.8 Å². The predicted octanol–water partition coefficient (Wildman–Crippen LogP) is 3.26. The Morgan fingerprint density at radius 3 is 2.62 bits per heavy atom. The summed E-state index contributed by atoms with van der Waals surface area (Å²) in [5.41, 5.74) is 1.85. The molecule has 0 aliphatic carbocycles. The standard InChI is InChI=1S/C17H16N2O2/c1-13-8-9-16(20)15(12-13)17(21)19(11-5-10-18)14-6-3-2-4-7-14/h2-4,6-9,12,20H,5,11H2,1H3. The number of nitriles is 1. The van der Waals surface area contributed by atoms with Crippen molar-refractivity contribution < 1.29 is 9.90 Å². The molecule has 2 rings (SSSR count). The summed E-state index contributed by atoms with van der Waals surface area (Å²) >= 11 is 0. The monoisotopic (exact) mass is 280 g/mol. The Hall–Kier alpha value is -2.80. The van der Waals surface area contributed by atoms with Gasteiger partial charge in [0.25, 0.3) is 5.91 Å². The summed E-state index contributed by atoms with van der Waals surface area (Å²) in [6.07, 6.45) is 0.229. The molecule has 2 aromatic carbocycles. The number of rotatable bonds is 4. The summed E-state index contributed by atoms with van der Waals surface area (Å²) in [7, 11) is 0. The van der Waals surface area contributed by atoms with Crippen molar-refractivity contribution in [1.29, 1.82) is 5.26 Å². The molecule has 4 nitrogen and oxygen atoms in total. The molecule has 2 aromatic rings. The van der Waals surface area contributed by atoms with Crippen LogP contribution in [0.25, 0.3) is 0 Å². The van der Waals surface area contributed by atoms with Crippen molar-refractivity contribution in [1.82, 2.24) is 0 Å². The SMILES string of the molecule is Cc1ccc(O)c(C(=O)N(CCC#N)c2ccccc2)c1. The maximum Gasteiger partial charge on any atom is 0.262 e. The number of carbonyl (C=O) groups is 1. The lowest BCUT2D eigenvalue weighted by Gasteiger charge is -2.22. The largest absolute Gasteiger partial charge is 0.507 e. The van der Waals surface area contributed by atoms with Crippen LogP contribution in [0.5, 0.6) is 5.75 Å². The zero-order chi connectivity index (χ0) is 15.2. The van der Waals surface area contributed by atoms with Crippen molar-refractivity contribution in [2.75, 3.05) is 11.4 Å². The van der Waals surface area contributed by atoms with Crippen molar-refractivity contribution in [3.05, 3.63) is 59.7 Å². The van der Waals surface area contributed by atoms with Crippen LogP contribution in [0, 0.1) is 18.3 Å². The first kappa shape index (κ1) is 14.6. The van der Waals surface area contributed by atoms with Crippen LogP contribution < -0.4 is 4.90 Å². The zero-order valence-corrected chi connectivity index (χ0v) is 11.8. The molecule has 106 valence electrons. The van der Waals surface area contributed by atoms with Crippen LogP contribution in [0.3, 0.4) is 0 Å². The molecule has 0 heterocycles. The molecule has 0 aromatic heterocycles. The highest BCUT2D eigenvalue weighted by Crippen LogP contribution is 2.23. The van der Waals surface area contributed by atoms with E-state index >= 15 is 0 Å². The van der Waals surface area contributed by atoms with Crippen molar-refractivity contribution >= 4 is 11.6 Å². The molecule has 0 fully saturated rings. The smallest absolute Gasteiger partial charge is 0.262 e. The van der Waals surface area contributed by atoms with Crippen LogP contribution in [-0.2, 0) is 0 Å². The molecular weight excluding hydrogens is 264 g/mol. The van der Waals surface area contributed by atoms with Crippen LogP contribution >= 0.6 is 0 Å². The molecule has 4 heteroatoms. The highest BCUT2D eigenvalue weighted by atomic mass is 16.3. The van der Waals surface area contributed by atoms with Gasteiger partial charge in [-0.25, -0.2) is 0 Å². The molecule has 21 heavy (non-hydrogen) atoms. The fraction of sp³-hybridized carbons (Fsp3) is 0.176. The third-order valence-corrected chi connectivity index (χ3v) is 3.14. The molecule has 1 amide bonds. The molecule has 1 N–H and O–H groups in total. The molecule has 0 spiro atoms. The number of benzene rings is 2. The Balaban J connectivity index is 2.39. The number of phenolic OH excluding ortho intramolecular Hbond substituents is 1. The summed E-state index contributed by atoms with van der Waals surface area (Å²) in [6.45, 7) is 2.14. The van der Waals surface area contributed by atoms with Gasteiger partial charge in [0.1, 0.15) is 5.75 Å². The molecule has 0 aliphatic rings. The van der Waals surface area contributed by atoms with Gasteiger partial charge in [-0.3, -0.25) is 4.79 Å². The number of nitrogens with zero attached hydrogens (tertiary/aromatic N) is 2. The van der Waals surface area contributed by atoms with Gasteiger partial charge in [-0.2, -0.15) is 5.26 Å². The topological polar surface area (TPSA) is 64.3 Å². The van der Waals surface area contributed by atoms with Gasteiger partial charge in [0.05, 0.1) is 18.1 Å². The van der Waals surface area contributed by atoms with E-state index in [0.29, 0.717) is 5.69 Å². The fourth-order valence-corrected chi connectivity index (χ4v) is 2.08. The number of hydrogen-bond donors (Lipinski definition) is 1. The van der Waals surface area contributed by atoms with Gasteiger partial charge in [-0.1, -0.05) is 29.8 Å². The first-order chi connectivity index (χ1) is 10.1. The van der Waals surface area contributed by atoms with Gasteiger partial charge in [0.2, 0.25) is 0 Å². The van der Waals surface area contributed by atoms with Crippen LogP contribution in [0.15, 0.2) is 48.5 Å². The number of aromatic hydroxyl groups is 1. The molecule has 0 unspecified atom stereocenters. The second kappa shape index (κ2) is 6.58. The molecule has 0 atom stereocenters. The van der Waals surface area contributed by atoms with E-state index in [9.17, 15) is 9.90 Å². The quantitative estimate of drug-likeness (QED) is 0.934. The molecule has 0 radical (unpaired) electrons. The highest BCUT2D eigenvalue weighted by Gasteiger charge is 2.20. The number of para-hydroxylation sites is 1. The van der Waals surface area contributed by atoms with Crippen LogP contribution in [0.2, 0.25) is 0 Å². The van der Waals surface area contributed by atoms with Gasteiger partial charge in [0.15, 0.2) is 0 Å². The van der Waals surface area contributed by atoms with Gasteiger partial charge >= 0.3 is 0 Å². The normalized spacial score (nSPS) is 9.90. The third kappa shape index (κ3) is 3.40. The minimum absolute atomic E-state index is 0.0523. The molecule has 0 bridgehead atoms. The van der Waals surface area contributed by atoms with Crippen LogP contribution in [-0.4, -0.2) is 17.6 Å². The summed E-state index contributed by atoms with van der Waals surface area (Å²) in [4.78, 5) is 14.2. The second-order valence-corrected chi connectivity index (χ2v) is 4.72. The fourth-order valence-electron chi connectivity index (χ4n) is 2.08. The van der Waals surface area contributed by atoms with Crippen molar-refractivity contribution in [3.63, 3.8) is 0 Å². The molecule has 0 saturated heterocycles. The van der Waals surface area contributed by atoms with Crippen molar-refractivity contribution in [2.45, 2.75) is 13.3 Å². The summed E-state index contributed by atoms with van der Waals surface area (Å²) in [6, 6.07) is 16.1. The van der Waals surface area contributed by atoms with Crippen LogP contribution in [0.4, 0.5) is 5.69 Å². The van der Waals surface area contributed by atoms with E-state index < -0.39 is 0 Å². The number of carbonyl (C=O) groups excluding carboxylic acids is 1. The number of hydrogen-bond acceptors (Lipinski definition) is 3. The average Bonchev–Trinajstić information content (AvgIpc) is 2.51. The van der Waals surface area contributed by atoms with Gasteiger partial charge in [-0.05, 0) is 31.2 Å². The summed E-state index contributed by atoms with van der Waals surface area (Å²) < 4.78 is 0. The van der Waals surface area contributed by atoms with E-state index in [1.165, 1.54) is 11.0 Å². The van der Waals surface area contributed by atoms with E-state index in [2.05, 4.69) is 0 Å². The molecular formula is C17H16N2O2. The minimum Gasteiger partial charge on any atom is -0.507 e. The number of anilines is 1. The Bertz CT molecular complexity index is 675. The molecule has 0 aliphatic heterocycles. The zero-order valence-electron chi connectivity index (χ0n) is 11.8. The van der Waals surface area contributed by atoms with E-state index in [-0.39, 0.29) is 30.2 Å². The maximum absolute atomic E-state index is 12.7. The van der Waals surface area contributed by atoms with Gasteiger partial charge < -0.3 is 10.0 Å². The third-order valence-electron chi connectivity index (χ3n) is 3.14. The lowest BCUT2D eigenvalue weighted by molar-refractivity contribution is 0.0985. The van der Waals surface area contributed by atoms with Crippen LogP contribution in [0.1, 0.15) is 22.3 Å². The number of phenols is 1. The maximum atomic E-state index is 12.7. The lowest BCUT2D eigenvalue weighted by Crippen LogP contribution is -2.31. The number of amides is 1. The van der Waals surface area contributed by atoms with Gasteiger partial charge in [-0.15, -0.1) is 0 Å². The minimum atomic E-state index is -0.308. The van der Waals surface area contributed by atoms with E-state index in [1.54, 1.807) is 12.1 Å². The Morgan fingerprint density at radius 1 is 1.24 bits per heavy atom. The summed E-state index contributed by atoms with van der Waals surface area (Å²) in [5.74, 6) is -0.360. The van der Waals surface area contributed by atoms with E-state index in [0.717, 1.165) is 5.56 Å². The second-order valence-electron chi connectivity index (χ2n) is 4.72. The lowest BCUT2D eigenvalue weighted by atomic mass is 10.1. The van der Waals surface area contributed by atoms with Crippen molar-refractivity contribution in [2.24, 2.45) is 0 Å². The first-order valence-electron chi connectivity index (χ1n) is 6.67. The van der Waals surface area contributed by atoms with Gasteiger partial charge in [0, 0.05) is 12.2 Å². The Labute approximate surface area is 123 Å². The Morgan fingerprint density at radius 2 is 1.95 bits per heavy atom.